The zero-order valence-corrected chi connectivity index (χ0v) is 26.1. The van der Waals surface area contributed by atoms with Crippen molar-refractivity contribution in [1.82, 2.24) is 0 Å². The van der Waals surface area contributed by atoms with E-state index < -0.39 is 5.43 Å². The van der Waals surface area contributed by atoms with Crippen molar-refractivity contribution in [2.45, 2.75) is 26.2 Å². The van der Waals surface area contributed by atoms with Gasteiger partial charge in [0, 0.05) is 0 Å². The van der Waals surface area contributed by atoms with E-state index in [1.165, 1.54) is 38.2 Å². The van der Waals surface area contributed by atoms with Crippen molar-refractivity contribution < 1.29 is 48.1 Å². The maximum Gasteiger partial charge on any atom is -0.0253 e. The van der Waals surface area contributed by atoms with Gasteiger partial charge in [0.05, 0.1) is 0 Å². The van der Waals surface area contributed by atoms with Crippen LogP contribution in [0.25, 0.3) is 11.1 Å². The van der Waals surface area contributed by atoms with E-state index in [-0.39, 0.29) is 24.8 Å². The van der Waals surface area contributed by atoms with Gasteiger partial charge < -0.3 is 24.8 Å². The summed E-state index contributed by atoms with van der Waals surface area (Å²) in [5.41, 5.74) is 6.49. The minimum atomic E-state index is -0.455. The molecule has 5 aromatic rings. The van der Waals surface area contributed by atoms with E-state index in [9.17, 15) is 0 Å². The molecule has 0 N–H and O–H groups in total. The van der Waals surface area contributed by atoms with Crippen LogP contribution in [0.1, 0.15) is 36.5 Å². The molecule has 186 valence electrons. The molecule has 0 atom stereocenters. The molecular weight excluding hydrogens is 587 g/mol. The number of halogens is 2. The Morgan fingerprint density at radius 3 is 1.84 bits per heavy atom. The van der Waals surface area contributed by atoms with E-state index in [1.807, 2.05) is 6.07 Å². The van der Waals surface area contributed by atoms with Crippen molar-refractivity contribution in [3.63, 3.8) is 0 Å². The van der Waals surface area contributed by atoms with Gasteiger partial charge in [0.25, 0.3) is 0 Å². The molecule has 0 spiro atoms. The van der Waals surface area contributed by atoms with Crippen molar-refractivity contribution in [1.29, 1.82) is 0 Å². The molecule has 0 saturated carbocycles. The zero-order chi connectivity index (χ0) is 24.5. The molecule has 0 heterocycles. The van der Waals surface area contributed by atoms with Gasteiger partial charge in [-0.3, -0.25) is 0 Å². The third kappa shape index (κ3) is 8.72. The van der Waals surface area contributed by atoms with Crippen LogP contribution in [0.4, 0.5) is 0 Å². The Bertz CT molecular complexity index is 1260. The summed E-state index contributed by atoms with van der Waals surface area (Å²) in [6.07, 6.45) is 1.05. The molecule has 1 aliphatic carbocycles. The van der Waals surface area contributed by atoms with E-state index in [0.29, 0.717) is 5.92 Å². The monoisotopic (exact) mass is 614 g/mol. The van der Waals surface area contributed by atoms with Crippen molar-refractivity contribution in [2.75, 3.05) is 0 Å². The second-order valence-electron chi connectivity index (χ2n) is 8.88. The SMILES string of the molecule is CC(C)c1cc[cH-]c1.[Cl-].[Cl-].[Zr+2]=[Si](c1ccccc1)c1ccccc1.[c-]1cccc2c1Cc1ccccc1-2. The summed E-state index contributed by atoms with van der Waals surface area (Å²) < 4.78 is 0. The quantitative estimate of drug-likeness (QED) is 0.205. The van der Waals surface area contributed by atoms with E-state index in [0.717, 1.165) is 6.42 Å². The topological polar surface area (TPSA) is 0 Å². The van der Waals surface area contributed by atoms with Crippen LogP contribution in [0.2, 0.25) is 0 Å². The van der Waals surface area contributed by atoms with Gasteiger partial charge in [0.15, 0.2) is 0 Å². The van der Waals surface area contributed by atoms with Crippen LogP contribution in [0.3, 0.4) is 0 Å². The van der Waals surface area contributed by atoms with Crippen molar-refractivity contribution >= 4 is 15.8 Å². The summed E-state index contributed by atoms with van der Waals surface area (Å²) >= 11 is 1.64. The molecule has 0 saturated heterocycles. The van der Waals surface area contributed by atoms with Gasteiger partial charge in [-0.05, 0) is 6.42 Å². The Hall–Kier alpha value is -2.09. The average molecular weight is 617 g/mol. The predicted octanol–water partition coefficient (Wildman–Crippen LogP) is 0.934. The first-order valence-electron chi connectivity index (χ1n) is 12.1. The minimum absolute atomic E-state index is 0. The Morgan fingerprint density at radius 1 is 0.730 bits per heavy atom. The molecule has 1 aliphatic rings. The van der Waals surface area contributed by atoms with Crippen LogP contribution >= 0.6 is 0 Å². The molecule has 0 unspecified atom stereocenters. The second-order valence-corrected chi connectivity index (χ2v) is 14.5. The third-order valence-electron chi connectivity index (χ3n) is 6.10. The van der Waals surface area contributed by atoms with E-state index in [1.54, 1.807) is 23.3 Å². The first-order chi connectivity index (χ1) is 17.1. The maximum absolute atomic E-state index is 3.30. The molecule has 0 radical (unpaired) electrons. The van der Waals surface area contributed by atoms with E-state index in [4.69, 9.17) is 0 Å². The fourth-order valence-corrected chi connectivity index (χ4v) is 7.99. The molecular formula is C33H30Cl2SiZr-2. The van der Waals surface area contributed by atoms with Gasteiger partial charge >= 0.3 is 99.8 Å². The predicted molar refractivity (Wildman–Crippen MR) is 148 cm³/mol. The Morgan fingerprint density at radius 2 is 1.30 bits per heavy atom. The number of benzene rings is 4. The molecule has 0 aliphatic heterocycles. The number of rotatable bonds is 3. The zero-order valence-electron chi connectivity index (χ0n) is 21.2. The van der Waals surface area contributed by atoms with Gasteiger partial charge in [-0.1, -0.05) is 55.2 Å². The maximum atomic E-state index is 3.30. The van der Waals surface area contributed by atoms with Crippen LogP contribution < -0.4 is 35.2 Å². The van der Waals surface area contributed by atoms with Crippen molar-refractivity contribution in [3.8, 4) is 11.1 Å². The van der Waals surface area contributed by atoms with Crippen LogP contribution in [0, 0.1) is 6.07 Å². The molecule has 6 rings (SSSR count). The molecule has 0 aromatic heterocycles. The van der Waals surface area contributed by atoms with Crippen LogP contribution in [0.5, 0.6) is 0 Å². The first-order valence-corrected chi connectivity index (χ1v) is 17.3. The van der Waals surface area contributed by atoms with E-state index in [2.05, 4.69) is 141 Å². The smallest absolute Gasteiger partial charge is 0.0253 e. The molecule has 0 nitrogen and oxygen atoms in total. The average Bonchev–Trinajstić information content (AvgIpc) is 3.59. The van der Waals surface area contributed by atoms with Gasteiger partial charge in [0.1, 0.15) is 0 Å². The van der Waals surface area contributed by atoms with Crippen molar-refractivity contribution in [2.24, 2.45) is 0 Å². The van der Waals surface area contributed by atoms with Gasteiger partial charge in [-0.2, -0.15) is 53.6 Å². The van der Waals surface area contributed by atoms with E-state index >= 15 is 0 Å². The fraction of sp³-hybridized carbons (Fsp3) is 0.121. The number of hydrogen-bond acceptors (Lipinski definition) is 0. The van der Waals surface area contributed by atoms with Gasteiger partial charge in [-0.25, -0.2) is 6.07 Å². The van der Waals surface area contributed by atoms with Crippen molar-refractivity contribution in [3.05, 3.63) is 150 Å². The summed E-state index contributed by atoms with van der Waals surface area (Å²) in [4.78, 5) is 0. The van der Waals surface area contributed by atoms with Crippen LogP contribution in [-0.2, 0) is 29.8 Å². The largest absolute Gasteiger partial charge is 0.179 e. The summed E-state index contributed by atoms with van der Waals surface area (Å²) in [6.45, 7) is 4.41. The second kappa shape index (κ2) is 16.0. The first kappa shape index (κ1) is 31.1. The molecule has 0 amide bonds. The van der Waals surface area contributed by atoms with Crippen LogP contribution in [0.15, 0.2) is 127 Å². The summed E-state index contributed by atoms with van der Waals surface area (Å²) in [7, 11) is 0. The summed E-state index contributed by atoms with van der Waals surface area (Å²) in [6, 6.07) is 48.3. The van der Waals surface area contributed by atoms with Crippen LogP contribution in [-0.4, -0.2) is 5.43 Å². The molecule has 0 fully saturated rings. The Balaban J connectivity index is 0.000000197. The van der Waals surface area contributed by atoms with Gasteiger partial charge in [0.2, 0.25) is 0 Å². The standard InChI is InChI=1S/C13H9.C12H10Si.C8H11.2ClH.Zr/c1-3-7-12-10(5-1)9-11-6-2-4-8-13(11)12;1-3-7-11(8-4-1)13-12-9-5-2-6-10-12;1-7(2)8-5-3-4-6-8;;;/h1-5,7-8H,9H2;1-10H;3-7H,1-2H3;2*1H;/q-1;;-1;;;+2/p-2. The normalized spacial score (nSPS) is 10.3. The molecule has 37 heavy (non-hydrogen) atoms. The summed E-state index contributed by atoms with van der Waals surface area (Å²) in [5, 5.41) is 3.03. The molecule has 5 aromatic carbocycles. The minimum Gasteiger partial charge on any atom is -0.179 e. The molecule has 4 heteroatoms. The number of fused-ring (bicyclic) bond motifs is 3. The molecule has 0 bridgehead atoms. The third-order valence-corrected chi connectivity index (χ3v) is 12.2. The van der Waals surface area contributed by atoms with Gasteiger partial charge in [-0.15, -0.1) is 5.56 Å². The fourth-order valence-electron chi connectivity index (χ4n) is 4.15. The number of hydrogen-bond donors (Lipinski definition) is 0. The Labute approximate surface area is 249 Å². The Kier molecular flexibility index (Phi) is 13.5. The summed E-state index contributed by atoms with van der Waals surface area (Å²) in [5.74, 6) is 0.685.